The van der Waals surface area contributed by atoms with Gasteiger partial charge in [-0.1, -0.05) is 66.7 Å². The van der Waals surface area contributed by atoms with E-state index in [-0.39, 0.29) is 17.9 Å². The van der Waals surface area contributed by atoms with E-state index in [9.17, 15) is 22.8 Å². The van der Waals surface area contributed by atoms with Crippen LogP contribution in [0.5, 0.6) is 0 Å². The maximum Gasteiger partial charge on any atom is 0.416 e. The molecule has 7 nitrogen and oxygen atoms in total. The Bertz CT molecular complexity index is 1850. The van der Waals surface area contributed by atoms with E-state index in [2.05, 4.69) is 16.9 Å². The van der Waals surface area contributed by atoms with E-state index < -0.39 is 41.5 Å². The molecule has 10 heteroatoms. The molecule has 7 rings (SSSR count). The Morgan fingerprint density at radius 3 is 2.48 bits per heavy atom. The van der Waals surface area contributed by atoms with Gasteiger partial charge in [0.15, 0.2) is 12.1 Å². The zero-order valence-corrected chi connectivity index (χ0v) is 28.5. The minimum Gasteiger partial charge on any atom is -0.449 e. The zero-order valence-electron chi connectivity index (χ0n) is 28.5. The third-order valence-electron chi connectivity index (χ3n) is 10.0. The van der Waals surface area contributed by atoms with Gasteiger partial charge in [-0.25, -0.2) is 9.59 Å². The number of nitrogens with zero attached hydrogens (tertiary/aromatic N) is 2. The molecule has 0 spiro atoms. The number of alkyl carbamates (subject to hydrolysis) is 1. The number of nitrogens with one attached hydrogen (secondary N) is 1. The highest BCUT2D eigenvalue weighted by atomic mass is 19.4. The molecule has 3 aromatic carbocycles. The first kappa shape index (κ1) is 35.1. The summed E-state index contributed by atoms with van der Waals surface area (Å²) in [4.78, 5) is 32.1. The number of piperidine rings is 3. The predicted molar refractivity (Wildman–Crippen MR) is 184 cm³/mol. The molecule has 1 amide bonds. The number of esters is 1. The van der Waals surface area contributed by atoms with Crippen LogP contribution in [0.3, 0.4) is 0 Å². The van der Waals surface area contributed by atoms with Crippen LogP contribution in [0.1, 0.15) is 68.0 Å². The van der Waals surface area contributed by atoms with Crippen molar-refractivity contribution in [2.75, 3.05) is 13.1 Å². The maximum absolute atomic E-state index is 14.5. The highest BCUT2D eigenvalue weighted by molar-refractivity contribution is 5.85. The molecule has 4 heterocycles. The van der Waals surface area contributed by atoms with Gasteiger partial charge in [-0.3, -0.25) is 4.98 Å². The average molecular weight is 687 g/mol. The first-order valence-corrected chi connectivity index (χ1v) is 17.0. The molecule has 4 aromatic rings. The SMILES string of the molecule is C=C[C@H]1C[N+]2(Cc3cccc(C(F)(F)F)c3)CC[C@H]1C[C@@H]2[C@@H](OC(=O)[C@H](NC(=O)OC(C)(C)C)c1ccccc1)c1ccnc2ccccc12. The first-order chi connectivity index (χ1) is 23.8. The average Bonchev–Trinajstić information content (AvgIpc) is 3.08. The number of pyridine rings is 1. The molecule has 1 unspecified atom stereocenters. The first-order valence-electron chi connectivity index (χ1n) is 17.0. The third kappa shape index (κ3) is 7.55. The molecule has 3 saturated heterocycles. The molecule has 0 saturated carbocycles. The zero-order chi connectivity index (χ0) is 35.7. The Balaban J connectivity index is 1.45. The van der Waals surface area contributed by atoms with Crippen LogP contribution in [0.2, 0.25) is 0 Å². The molecule has 3 fully saturated rings. The van der Waals surface area contributed by atoms with Crippen molar-refractivity contribution < 1.29 is 36.7 Å². The van der Waals surface area contributed by atoms with E-state index in [1.54, 1.807) is 57.3 Å². The number of amides is 1. The molecule has 50 heavy (non-hydrogen) atoms. The molecule has 1 N–H and O–H groups in total. The number of para-hydroxylation sites is 1. The molecule has 3 aliphatic rings. The summed E-state index contributed by atoms with van der Waals surface area (Å²) in [5.41, 5.74) is 1.06. The number of hydrogen-bond donors (Lipinski definition) is 1. The number of carbonyl (C=O) groups excluding carboxylic acids is 2. The van der Waals surface area contributed by atoms with Gasteiger partial charge in [0.1, 0.15) is 18.2 Å². The molecule has 262 valence electrons. The minimum atomic E-state index is -4.48. The van der Waals surface area contributed by atoms with Crippen molar-refractivity contribution >= 4 is 23.0 Å². The Morgan fingerprint density at radius 2 is 1.76 bits per heavy atom. The maximum atomic E-state index is 14.5. The number of hydrogen-bond acceptors (Lipinski definition) is 5. The van der Waals surface area contributed by atoms with Crippen LogP contribution in [-0.4, -0.2) is 46.3 Å². The second-order valence-corrected chi connectivity index (χ2v) is 14.5. The van der Waals surface area contributed by atoms with Crippen LogP contribution in [0, 0.1) is 11.8 Å². The van der Waals surface area contributed by atoms with Crippen molar-refractivity contribution in [1.29, 1.82) is 0 Å². The van der Waals surface area contributed by atoms with Gasteiger partial charge in [-0.05, 0) is 56.5 Å². The summed E-state index contributed by atoms with van der Waals surface area (Å²) in [6.45, 7) is 11.0. The van der Waals surface area contributed by atoms with Gasteiger partial charge in [0.05, 0.1) is 24.2 Å². The number of fused-ring (bicyclic) bond motifs is 4. The van der Waals surface area contributed by atoms with Crippen molar-refractivity contribution in [3.63, 3.8) is 0 Å². The highest BCUT2D eigenvalue weighted by Crippen LogP contribution is 2.49. The van der Waals surface area contributed by atoms with E-state index in [4.69, 9.17) is 9.47 Å². The minimum absolute atomic E-state index is 0.155. The van der Waals surface area contributed by atoms with E-state index in [0.29, 0.717) is 41.7 Å². The third-order valence-corrected chi connectivity index (χ3v) is 10.0. The largest absolute Gasteiger partial charge is 0.449 e. The summed E-state index contributed by atoms with van der Waals surface area (Å²) in [6, 6.07) is 22.3. The predicted octanol–water partition coefficient (Wildman–Crippen LogP) is 8.72. The van der Waals surface area contributed by atoms with Crippen molar-refractivity contribution in [2.24, 2.45) is 11.8 Å². The molecular weight excluding hydrogens is 643 g/mol. The van der Waals surface area contributed by atoms with E-state index in [1.807, 2.05) is 42.5 Å². The molecule has 0 aliphatic carbocycles. The number of aromatic nitrogens is 1. The van der Waals surface area contributed by atoms with Crippen LogP contribution in [0.4, 0.5) is 18.0 Å². The van der Waals surface area contributed by atoms with E-state index in [0.717, 1.165) is 29.0 Å². The fourth-order valence-corrected chi connectivity index (χ4v) is 7.83. The molecule has 6 atom stereocenters. The number of carbonyl (C=O) groups is 2. The van der Waals surface area contributed by atoms with Gasteiger partial charge in [0.25, 0.3) is 0 Å². The van der Waals surface area contributed by atoms with Gasteiger partial charge >= 0.3 is 18.2 Å². The van der Waals surface area contributed by atoms with Gasteiger partial charge in [0.2, 0.25) is 0 Å². The van der Waals surface area contributed by atoms with E-state index in [1.165, 1.54) is 12.1 Å². The smallest absolute Gasteiger partial charge is 0.416 e. The lowest BCUT2D eigenvalue weighted by atomic mass is 9.71. The summed E-state index contributed by atoms with van der Waals surface area (Å²) >= 11 is 0. The number of alkyl halides is 3. The van der Waals surface area contributed by atoms with Crippen LogP contribution in [0.15, 0.2) is 104 Å². The number of quaternary nitrogens is 1. The number of halogens is 3. The van der Waals surface area contributed by atoms with Gasteiger partial charge < -0.3 is 19.3 Å². The molecule has 1 aromatic heterocycles. The molecular formula is C40H43F3N3O4+. The standard InChI is InChI=1S/C40H42F3N3O4/c1-5-27-25-46(24-26-12-11-15-30(22-26)40(41,42)43)21-19-29(27)23-34(46)36(32-18-20-44-33-17-10-9-16-31(32)33)49-37(47)35(28-13-7-6-8-14-28)45-38(48)50-39(2,3)4/h5-18,20,22,27,29,34-36H,1,19,21,23-25H2,2-4H3/p+1/t27-,29-,34+,35+,36-,46?/m0/s1. The second kappa shape index (κ2) is 13.9. The summed E-state index contributed by atoms with van der Waals surface area (Å²) in [5, 5.41) is 3.54. The van der Waals surface area contributed by atoms with Gasteiger partial charge in [-0.15, -0.1) is 6.58 Å². The summed E-state index contributed by atoms with van der Waals surface area (Å²) < 4.78 is 54.1. The number of rotatable bonds is 9. The Hall–Kier alpha value is -4.70. The van der Waals surface area contributed by atoms with Gasteiger partial charge in [-0.2, -0.15) is 13.2 Å². The van der Waals surface area contributed by atoms with Crippen molar-refractivity contribution in [3.8, 4) is 0 Å². The number of ether oxygens (including phenoxy) is 2. The quantitative estimate of drug-likeness (QED) is 0.108. The topological polar surface area (TPSA) is 77.5 Å². The Morgan fingerprint density at radius 1 is 1.02 bits per heavy atom. The van der Waals surface area contributed by atoms with Crippen LogP contribution >= 0.6 is 0 Å². The highest BCUT2D eigenvalue weighted by Gasteiger charge is 2.55. The van der Waals surface area contributed by atoms with Crippen molar-refractivity contribution in [3.05, 3.63) is 126 Å². The van der Waals surface area contributed by atoms with Crippen LogP contribution in [0.25, 0.3) is 10.9 Å². The molecule has 0 radical (unpaired) electrons. The normalized spacial score (nSPS) is 23.1. The lowest BCUT2D eigenvalue weighted by Crippen LogP contribution is -2.67. The van der Waals surface area contributed by atoms with E-state index >= 15 is 0 Å². The molecule has 3 aliphatic heterocycles. The summed E-state index contributed by atoms with van der Waals surface area (Å²) in [5.74, 6) is -0.256. The summed E-state index contributed by atoms with van der Waals surface area (Å²) in [6.07, 6.45) is -0.880. The lowest BCUT2D eigenvalue weighted by molar-refractivity contribution is -0.984. The van der Waals surface area contributed by atoms with Crippen molar-refractivity contribution in [2.45, 2.75) is 70.1 Å². The van der Waals surface area contributed by atoms with Crippen molar-refractivity contribution in [1.82, 2.24) is 10.3 Å². The number of benzene rings is 3. The second-order valence-electron chi connectivity index (χ2n) is 14.5. The Kier molecular flexibility index (Phi) is 9.77. The van der Waals surface area contributed by atoms with Gasteiger partial charge in [0, 0.05) is 41.5 Å². The monoisotopic (exact) mass is 686 g/mol. The Labute approximate surface area is 290 Å². The summed E-state index contributed by atoms with van der Waals surface area (Å²) in [7, 11) is 0. The lowest BCUT2D eigenvalue weighted by Gasteiger charge is -2.58. The van der Waals surface area contributed by atoms with Crippen LogP contribution in [-0.2, 0) is 27.0 Å². The molecule has 2 bridgehead atoms. The fourth-order valence-electron chi connectivity index (χ4n) is 7.83. The fraction of sp³-hybridized carbons (Fsp3) is 0.375. The van der Waals surface area contributed by atoms with Crippen LogP contribution < -0.4 is 5.32 Å².